The Hall–Kier alpha value is -1.65. The SMILES string of the molecule is CC(C)n1nc(-c2cnc(C(F)(F)F)nc2)cc1C1C2CC(N3CCC4(C3)C[S+]([O-])C4)CC21. The van der Waals surface area contributed by atoms with Crippen molar-refractivity contribution in [3.8, 4) is 11.3 Å². The lowest BCUT2D eigenvalue weighted by molar-refractivity contribution is -0.144. The molecule has 2 unspecified atom stereocenters. The van der Waals surface area contributed by atoms with Gasteiger partial charge < -0.3 is 4.55 Å². The van der Waals surface area contributed by atoms with E-state index in [0.29, 0.717) is 40.5 Å². The third kappa shape index (κ3) is 3.69. The molecular weight excluding hydrogens is 451 g/mol. The number of nitrogens with zero attached hydrogens (tertiary/aromatic N) is 5. The maximum absolute atomic E-state index is 12.8. The highest BCUT2D eigenvalue weighted by atomic mass is 32.2. The summed E-state index contributed by atoms with van der Waals surface area (Å²) in [6.07, 6.45) is 1.45. The van der Waals surface area contributed by atoms with Crippen LogP contribution in [-0.4, -0.2) is 59.8 Å². The predicted molar refractivity (Wildman–Crippen MR) is 118 cm³/mol. The van der Waals surface area contributed by atoms with Gasteiger partial charge in [0.2, 0.25) is 5.82 Å². The average molecular weight is 480 g/mol. The van der Waals surface area contributed by atoms with Gasteiger partial charge in [0.1, 0.15) is 11.5 Å². The fourth-order valence-electron chi connectivity index (χ4n) is 6.53. The van der Waals surface area contributed by atoms with E-state index in [1.54, 1.807) is 0 Å². The van der Waals surface area contributed by atoms with Gasteiger partial charge in [-0.2, -0.15) is 18.3 Å². The average Bonchev–Trinajstić information content (AvgIpc) is 3.20. The van der Waals surface area contributed by atoms with E-state index in [2.05, 4.69) is 28.7 Å². The molecule has 2 saturated heterocycles. The van der Waals surface area contributed by atoms with Crippen molar-refractivity contribution in [2.24, 2.45) is 17.3 Å². The lowest BCUT2D eigenvalue weighted by atomic mass is 9.91. The molecule has 2 aliphatic carbocycles. The predicted octanol–water partition coefficient (Wildman–Crippen LogP) is 3.89. The molecule has 2 aromatic heterocycles. The highest BCUT2D eigenvalue weighted by Crippen LogP contribution is 2.64. The Morgan fingerprint density at radius 1 is 1.15 bits per heavy atom. The first-order valence-electron chi connectivity index (χ1n) is 11.7. The van der Waals surface area contributed by atoms with Crippen molar-refractivity contribution >= 4 is 11.2 Å². The Balaban J connectivity index is 1.16. The van der Waals surface area contributed by atoms with Crippen LogP contribution in [0.15, 0.2) is 18.5 Å². The zero-order valence-electron chi connectivity index (χ0n) is 18.8. The summed E-state index contributed by atoms with van der Waals surface area (Å²) >= 11 is -0.594. The number of hydrogen-bond donors (Lipinski definition) is 0. The molecule has 10 heteroatoms. The molecule has 4 aliphatic rings. The Kier molecular flexibility index (Phi) is 4.92. The number of halogens is 3. The van der Waals surface area contributed by atoms with Crippen LogP contribution in [-0.2, 0) is 17.4 Å². The van der Waals surface area contributed by atoms with Gasteiger partial charge in [-0.3, -0.25) is 9.58 Å². The molecule has 0 aromatic carbocycles. The van der Waals surface area contributed by atoms with Crippen LogP contribution in [0, 0.1) is 17.3 Å². The first-order chi connectivity index (χ1) is 15.6. The largest absolute Gasteiger partial charge is 0.616 e. The van der Waals surface area contributed by atoms with E-state index in [9.17, 15) is 17.7 Å². The van der Waals surface area contributed by atoms with Gasteiger partial charge in [-0.05, 0) is 57.6 Å². The summed E-state index contributed by atoms with van der Waals surface area (Å²) in [5, 5.41) is 4.72. The summed E-state index contributed by atoms with van der Waals surface area (Å²) in [5.41, 5.74) is 2.65. The van der Waals surface area contributed by atoms with E-state index in [0.717, 1.165) is 24.6 Å². The first-order valence-corrected chi connectivity index (χ1v) is 13.2. The lowest BCUT2D eigenvalue weighted by Crippen LogP contribution is -2.50. The fraction of sp³-hybridized carbons (Fsp3) is 0.696. The summed E-state index contributed by atoms with van der Waals surface area (Å²) in [4.78, 5) is 9.64. The van der Waals surface area contributed by atoms with Gasteiger partial charge in [0.05, 0.1) is 11.1 Å². The molecule has 2 atom stereocenters. The molecule has 2 aliphatic heterocycles. The molecule has 0 amide bonds. The third-order valence-corrected chi connectivity index (χ3v) is 10.0. The fourth-order valence-corrected chi connectivity index (χ4v) is 8.28. The monoisotopic (exact) mass is 479 g/mol. The van der Waals surface area contributed by atoms with Crippen LogP contribution in [0.5, 0.6) is 0 Å². The van der Waals surface area contributed by atoms with Gasteiger partial charge in [0.15, 0.2) is 0 Å². The summed E-state index contributed by atoms with van der Waals surface area (Å²) in [6, 6.07) is 2.82. The van der Waals surface area contributed by atoms with Crippen molar-refractivity contribution in [2.75, 3.05) is 24.6 Å². The molecule has 1 spiro atoms. The van der Waals surface area contributed by atoms with Gasteiger partial charge in [0.25, 0.3) is 0 Å². The van der Waals surface area contributed by atoms with Crippen molar-refractivity contribution in [1.82, 2.24) is 24.6 Å². The Morgan fingerprint density at radius 2 is 1.82 bits per heavy atom. The topological polar surface area (TPSA) is 69.9 Å². The van der Waals surface area contributed by atoms with Gasteiger partial charge >= 0.3 is 6.18 Å². The van der Waals surface area contributed by atoms with Crippen molar-refractivity contribution in [3.63, 3.8) is 0 Å². The zero-order chi connectivity index (χ0) is 23.1. The second-order valence-corrected chi connectivity index (χ2v) is 12.2. The molecule has 2 aromatic rings. The van der Waals surface area contributed by atoms with E-state index in [1.807, 2.05) is 10.7 Å². The smallest absolute Gasteiger partial charge is 0.451 e. The van der Waals surface area contributed by atoms with Crippen LogP contribution in [0.2, 0.25) is 0 Å². The van der Waals surface area contributed by atoms with E-state index in [1.165, 1.54) is 37.4 Å². The van der Waals surface area contributed by atoms with Gasteiger partial charge in [0, 0.05) is 48.2 Å². The normalized spacial score (nSPS) is 35.9. The van der Waals surface area contributed by atoms with Crippen LogP contribution in [0.3, 0.4) is 0 Å². The van der Waals surface area contributed by atoms with E-state index < -0.39 is 23.2 Å². The van der Waals surface area contributed by atoms with Crippen molar-refractivity contribution < 1.29 is 17.7 Å². The van der Waals surface area contributed by atoms with Crippen molar-refractivity contribution in [2.45, 2.75) is 57.3 Å². The number of fused-ring (bicyclic) bond motifs is 1. The minimum atomic E-state index is -4.55. The van der Waals surface area contributed by atoms with Gasteiger partial charge in [-0.25, -0.2) is 9.97 Å². The minimum Gasteiger partial charge on any atom is -0.616 e. The Labute approximate surface area is 194 Å². The molecule has 33 heavy (non-hydrogen) atoms. The van der Waals surface area contributed by atoms with Crippen molar-refractivity contribution in [1.29, 1.82) is 0 Å². The van der Waals surface area contributed by atoms with Crippen LogP contribution >= 0.6 is 0 Å². The molecule has 0 bridgehead atoms. The number of rotatable bonds is 4. The van der Waals surface area contributed by atoms with E-state index >= 15 is 0 Å². The zero-order valence-corrected chi connectivity index (χ0v) is 19.6. The van der Waals surface area contributed by atoms with Gasteiger partial charge in [-0.1, -0.05) is 11.2 Å². The molecular formula is C23H28F3N5OS. The summed E-state index contributed by atoms with van der Waals surface area (Å²) in [6.45, 7) is 6.40. The number of aromatic nitrogens is 4. The highest BCUT2D eigenvalue weighted by molar-refractivity contribution is 7.92. The maximum atomic E-state index is 12.8. The van der Waals surface area contributed by atoms with Crippen LogP contribution in [0.1, 0.15) is 56.6 Å². The third-order valence-electron chi connectivity index (χ3n) is 8.14. The lowest BCUT2D eigenvalue weighted by Gasteiger charge is -2.39. The number of hydrogen-bond acceptors (Lipinski definition) is 5. The molecule has 6 nitrogen and oxygen atoms in total. The second-order valence-electron chi connectivity index (χ2n) is 10.7. The molecule has 0 radical (unpaired) electrons. The van der Waals surface area contributed by atoms with Crippen LogP contribution < -0.4 is 0 Å². The van der Waals surface area contributed by atoms with Gasteiger partial charge in [-0.15, -0.1) is 0 Å². The summed E-state index contributed by atoms with van der Waals surface area (Å²) in [5.74, 6) is 2.40. The quantitative estimate of drug-likeness (QED) is 0.623. The molecule has 0 N–H and O–H groups in total. The minimum absolute atomic E-state index is 0.166. The Morgan fingerprint density at radius 3 is 2.39 bits per heavy atom. The van der Waals surface area contributed by atoms with Crippen LogP contribution in [0.4, 0.5) is 13.2 Å². The molecule has 4 fully saturated rings. The molecule has 4 heterocycles. The summed E-state index contributed by atoms with van der Waals surface area (Å²) < 4.78 is 52.1. The highest BCUT2D eigenvalue weighted by Gasteiger charge is 2.61. The molecule has 6 rings (SSSR count). The van der Waals surface area contributed by atoms with Crippen LogP contribution in [0.25, 0.3) is 11.3 Å². The first kappa shape index (κ1) is 21.9. The number of likely N-dealkylation sites (tertiary alicyclic amines) is 1. The Bertz CT molecular complexity index is 1040. The summed E-state index contributed by atoms with van der Waals surface area (Å²) in [7, 11) is 0. The second kappa shape index (κ2) is 7.42. The van der Waals surface area contributed by atoms with Crippen molar-refractivity contribution in [3.05, 3.63) is 30.0 Å². The maximum Gasteiger partial charge on any atom is 0.451 e. The van der Waals surface area contributed by atoms with E-state index in [4.69, 9.17) is 5.10 Å². The molecule has 178 valence electrons. The van der Waals surface area contributed by atoms with E-state index in [-0.39, 0.29) is 6.04 Å². The standard InChI is InChI=1S/C23H28F3N5OS/c1-13(2)31-19(7-18(29-31)14-8-27-21(28-9-14)23(24,25)26)20-16-5-15(6-17(16)20)30-4-3-22(10-30)11-33(32)12-22/h7-9,13,15-17,20H,3-6,10-12H2,1-2H3. The molecule has 2 saturated carbocycles. The number of alkyl halides is 3.